The second kappa shape index (κ2) is 13.1. The molecule has 1 amide bonds. The van der Waals surface area contributed by atoms with Gasteiger partial charge in [-0.1, -0.05) is 78.3 Å². The van der Waals surface area contributed by atoms with Gasteiger partial charge in [-0.3, -0.25) is 4.79 Å². The van der Waals surface area contributed by atoms with E-state index in [1.165, 1.54) is 0 Å². The Morgan fingerprint density at radius 2 is 1.57 bits per heavy atom. The average Bonchev–Trinajstić information content (AvgIpc) is 3.59. The number of amides is 1. The van der Waals surface area contributed by atoms with Crippen LogP contribution >= 0.6 is 23.2 Å². The van der Waals surface area contributed by atoms with Crippen molar-refractivity contribution in [3.05, 3.63) is 131 Å². The summed E-state index contributed by atoms with van der Waals surface area (Å²) in [6.07, 6.45) is 2.35. The molecule has 0 bridgehead atoms. The van der Waals surface area contributed by atoms with E-state index >= 15 is 0 Å². The molecule has 0 unspecified atom stereocenters. The Labute approximate surface area is 282 Å². The summed E-state index contributed by atoms with van der Waals surface area (Å²) in [4.78, 5) is 28.7. The number of anilines is 1. The van der Waals surface area contributed by atoms with Crippen molar-refractivity contribution in [1.29, 1.82) is 0 Å². The van der Waals surface area contributed by atoms with Crippen molar-refractivity contribution in [2.45, 2.75) is 13.3 Å². The number of hydrogen-bond acceptors (Lipinski definition) is 6. The quantitative estimate of drug-likeness (QED) is 0.134. The summed E-state index contributed by atoms with van der Waals surface area (Å²) in [6, 6.07) is 27.7. The minimum atomic E-state index is -3.92. The number of rotatable bonds is 9. The Bertz CT molecular complexity index is 2110. The van der Waals surface area contributed by atoms with Crippen LogP contribution in [0.25, 0.3) is 33.6 Å². The van der Waals surface area contributed by atoms with Crippen LogP contribution < -0.4 is 9.03 Å². The van der Waals surface area contributed by atoms with E-state index in [0.29, 0.717) is 44.5 Å². The zero-order valence-corrected chi connectivity index (χ0v) is 27.4. The Morgan fingerprint density at radius 1 is 0.936 bits per heavy atom. The highest BCUT2D eigenvalue weighted by molar-refractivity contribution is 7.92. The molecule has 1 saturated heterocycles. The Hall–Kier alpha value is -4.90. The van der Waals surface area contributed by atoms with Gasteiger partial charge in [0.05, 0.1) is 28.6 Å². The number of ether oxygens (including phenoxy) is 1. The van der Waals surface area contributed by atoms with Gasteiger partial charge < -0.3 is 9.30 Å². The van der Waals surface area contributed by atoms with Gasteiger partial charge in [-0.05, 0) is 71.6 Å². The van der Waals surface area contributed by atoms with Crippen LogP contribution in [0.15, 0.2) is 104 Å². The normalized spacial score (nSPS) is 13.8. The lowest BCUT2D eigenvalue weighted by Gasteiger charge is -2.15. The number of carbonyl (C=O) groups is 2. The third kappa shape index (κ3) is 6.80. The molecule has 1 N–H and O–H groups in total. The molecule has 1 aromatic heterocycles. The number of hydrogen-bond donors (Lipinski definition) is 1. The van der Waals surface area contributed by atoms with Crippen LogP contribution in [0.1, 0.15) is 23.9 Å². The highest BCUT2D eigenvalue weighted by Crippen LogP contribution is 2.32. The zero-order chi connectivity index (χ0) is 33.3. The van der Waals surface area contributed by atoms with Crippen molar-refractivity contribution in [3.63, 3.8) is 0 Å². The predicted molar refractivity (Wildman–Crippen MR) is 184 cm³/mol. The lowest BCUT2D eigenvalue weighted by molar-refractivity contribution is -0.136. The number of nitrogens with zero attached hydrogens (tertiary/aromatic N) is 3. The van der Waals surface area contributed by atoms with Crippen LogP contribution in [0.2, 0.25) is 10.0 Å². The summed E-state index contributed by atoms with van der Waals surface area (Å²) < 4.78 is 34.7. The van der Waals surface area contributed by atoms with Gasteiger partial charge in [0.25, 0.3) is 5.91 Å². The molecule has 2 heterocycles. The number of esters is 1. The fraction of sp³-hybridized carbons (Fsp3) is 0.114. The van der Waals surface area contributed by atoms with Crippen molar-refractivity contribution in [1.82, 2.24) is 14.3 Å². The van der Waals surface area contributed by atoms with Crippen molar-refractivity contribution in [2.75, 3.05) is 17.5 Å². The van der Waals surface area contributed by atoms with E-state index < -0.39 is 22.1 Å². The molecule has 0 aliphatic carbocycles. The summed E-state index contributed by atoms with van der Waals surface area (Å²) in [7, 11) is -3.92. The predicted octanol–water partition coefficient (Wildman–Crippen LogP) is 6.86. The molecule has 1 aliphatic rings. The summed E-state index contributed by atoms with van der Waals surface area (Å²) >= 11 is 12.7. The molecule has 1 aliphatic heterocycles. The van der Waals surface area contributed by atoms with Gasteiger partial charge in [0.2, 0.25) is 0 Å². The van der Waals surface area contributed by atoms with Crippen LogP contribution in [0, 0.1) is 0 Å². The second-order valence-corrected chi connectivity index (χ2v) is 13.2. The molecule has 0 saturated carbocycles. The van der Waals surface area contributed by atoms with E-state index in [1.54, 1.807) is 43.3 Å². The average molecular weight is 688 g/mol. The Kier molecular flexibility index (Phi) is 8.92. The Balaban J connectivity index is 1.29. The first-order chi connectivity index (χ1) is 22.5. The third-order valence-corrected chi connectivity index (χ3v) is 9.58. The third-order valence-electron chi connectivity index (χ3n) is 7.63. The van der Waals surface area contributed by atoms with Crippen molar-refractivity contribution in [2.24, 2.45) is 0 Å². The van der Waals surface area contributed by atoms with Crippen LogP contribution in [0.4, 0.5) is 5.69 Å². The van der Waals surface area contributed by atoms with Crippen LogP contribution in [0.5, 0.6) is 0 Å². The lowest BCUT2D eigenvalue weighted by Crippen LogP contribution is -2.29. The molecule has 1 fully saturated rings. The largest absolute Gasteiger partial charge is 0.462 e. The molecule has 238 valence electrons. The maximum Gasteiger partial charge on any atom is 0.338 e. The van der Waals surface area contributed by atoms with Crippen molar-refractivity contribution in [3.8, 4) is 28.1 Å². The van der Waals surface area contributed by atoms with Gasteiger partial charge in [0, 0.05) is 28.9 Å². The SMILES string of the molecule is C=C(C(=O)OCC)c1ccc(-c2ccc(Cc3nc(-c4ccc(Cl)cc4Cl)cn3-c3ccc(N4CC(=O)NS4(=O)=O)cc3)cc2)cc1. The maximum atomic E-state index is 12.3. The van der Waals surface area contributed by atoms with Gasteiger partial charge in [0.15, 0.2) is 0 Å². The first-order valence-corrected chi connectivity index (χ1v) is 16.7. The number of aromatic nitrogens is 2. The highest BCUT2D eigenvalue weighted by atomic mass is 35.5. The van der Waals surface area contributed by atoms with Crippen LogP contribution in [-0.2, 0) is 31.0 Å². The van der Waals surface area contributed by atoms with Gasteiger partial charge in [-0.25, -0.2) is 18.8 Å². The molecule has 0 radical (unpaired) electrons. The molecule has 0 spiro atoms. The summed E-state index contributed by atoms with van der Waals surface area (Å²) in [5, 5.41) is 0.971. The first kappa shape index (κ1) is 32.1. The van der Waals surface area contributed by atoms with Crippen LogP contribution in [0.3, 0.4) is 0 Å². The molecule has 5 aromatic rings. The van der Waals surface area contributed by atoms with Crippen LogP contribution in [-0.4, -0.2) is 43.0 Å². The number of nitrogens with one attached hydrogen (secondary N) is 1. The van der Waals surface area contributed by atoms with E-state index in [9.17, 15) is 18.0 Å². The first-order valence-electron chi connectivity index (χ1n) is 14.6. The highest BCUT2D eigenvalue weighted by Gasteiger charge is 2.34. The molecule has 6 rings (SSSR count). The number of carbonyl (C=O) groups excluding carboxylic acids is 2. The van der Waals surface area contributed by atoms with E-state index in [1.807, 2.05) is 70.1 Å². The van der Waals surface area contributed by atoms with E-state index in [-0.39, 0.29) is 13.2 Å². The molecule has 12 heteroatoms. The molecular formula is C35H28Cl2N4O5S. The maximum absolute atomic E-state index is 12.3. The van der Waals surface area contributed by atoms with Gasteiger partial charge >= 0.3 is 16.2 Å². The molecule has 9 nitrogen and oxygen atoms in total. The molecule has 47 heavy (non-hydrogen) atoms. The molecule has 0 atom stereocenters. The van der Waals surface area contributed by atoms with Gasteiger partial charge in [-0.2, -0.15) is 8.42 Å². The number of halogens is 2. The smallest absolute Gasteiger partial charge is 0.338 e. The van der Waals surface area contributed by atoms with Gasteiger partial charge in [-0.15, -0.1) is 0 Å². The summed E-state index contributed by atoms with van der Waals surface area (Å²) in [5.74, 6) is -0.300. The minimum absolute atomic E-state index is 0.278. The molecular weight excluding hydrogens is 659 g/mol. The van der Waals surface area contributed by atoms with E-state index in [2.05, 4.69) is 6.58 Å². The van der Waals surface area contributed by atoms with Gasteiger partial charge in [0.1, 0.15) is 12.4 Å². The van der Waals surface area contributed by atoms with Crippen molar-refractivity contribution >= 4 is 56.5 Å². The monoisotopic (exact) mass is 686 g/mol. The number of imidazole rings is 1. The topological polar surface area (TPSA) is 111 Å². The fourth-order valence-electron chi connectivity index (χ4n) is 5.25. The Morgan fingerprint density at radius 3 is 2.17 bits per heavy atom. The summed E-state index contributed by atoms with van der Waals surface area (Å²) in [5.41, 5.74) is 6.46. The van der Waals surface area contributed by atoms with E-state index in [0.717, 1.165) is 32.5 Å². The van der Waals surface area contributed by atoms with Crippen molar-refractivity contribution < 1.29 is 22.7 Å². The zero-order valence-electron chi connectivity index (χ0n) is 25.1. The summed E-state index contributed by atoms with van der Waals surface area (Å²) in [6.45, 7) is 5.62. The standard InChI is InChI=1S/C35H28Cl2N4O5S/c1-3-46-35(43)22(2)24-8-10-26(11-9-24)25-6-4-23(5-7-25)18-33-38-32(30-17-12-27(36)19-31(30)37)20-40(33)28-13-15-29(16-14-28)41-21-34(42)39-47(41,44)45/h4-17,19-20H,2-3,18,21H2,1H3,(H,39,42). The van der Waals surface area contributed by atoms with E-state index in [4.69, 9.17) is 32.9 Å². The second-order valence-electron chi connectivity index (χ2n) is 10.7. The fourth-order valence-corrected chi connectivity index (χ4v) is 6.90. The number of benzene rings is 4. The minimum Gasteiger partial charge on any atom is -0.462 e. The lowest BCUT2D eigenvalue weighted by atomic mass is 9.99. The molecule has 4 aromatic carbocycles.